The van der Waals surface area contributed by atoms with Crippen molar-refractivity contribution in [3.8, 4) is 0 Å². The van der Waals surface area contributed by atoms with E-state index in [1.54, 1.807) is 0 Å². The predicted molar refractivity (Wildman–Crippen MR) is 149 cm³/mol. The monoisotopic (exact) mass is 486 g/mol. The molecule has 1 amide bonds. The van der Waals surface area contributed by atoms with E-state index in [0.29, 0.717) is 12.5 Å². The normalized spacial score (nSPS) is 16.7. The van der Waals surface area contributed by atoms with Gasteiger partial charge in [-0.3, -0.25) is 4.79 Å². The number of carbonyl (C=O) groups is 1. The fraction of sp³-hybridized carbons (Fsp3) is 0.469. The van der Waals surface area contributed by atoms with Gasteiger partial charge in [0.2, 0.25) is 0 Å². The van der Waals surface area contributed by atoms with Crippen molar-refractivity contribution in [2.24, 2.45) is 5.92 Å². The number of likely N-dealkylation sites (tertiary alicyclic amines) is 1. The third-order valence-corrected chi connectivity index (χ3v) is 7.93. The average molecular weight is 487 g/mol. The van der Waals surface area contributed by atoms with E-state index >= 15 is 0 Å². The molecule has 3 aromatic carbocycles. The van der Waals surface area contributed by atoms with E-state index in [1.165, 1.54) is 11.1 Å². The summed E-state index contributed by atoms with van der Waals surface area (Å²) in [6, 6.07) is 22.7. The minimum Gasteiger partial charge on any atom is -0.390 e. The molecule has 1 N–H and O–H groups in total. The van der Waals surface area contributed by atoms with Gasteiger partial charge in [0.05, 0.1) is 5.60 Å². The standard InChI is InChI=1S/C32H42N2O2/c1-4-34(31(35)30-17-9-14-28-13-7-8-16-29(28)30)24-25(2)23-33-21-19-32(36,20-22-33)18-10-15-27-12-6-5-11-26(27)3/h5-9,11-14,16-17,25,36H,4,10,15,18-24H2,1-3H3/t25-/m1/s1. The van der Waals surface area contributed by atoms with Crippen LogP contribution in [0.1, 0.15) is 61.0 Å². The Hall–Kier alpha value is -2.69. The Morgan fingerprint density at radius 1 is 1.03 bits per heavy atom. The van der Waals surface area contributed by atoms with Gasteiger partial charge in [-0.2, -0.15) is 0 Å². The number of amides is 1. The van der Waals surface area contributed by atoms with Gasteiger partial charge in [0.15, 0.2) is 0 Å². The third-order valence-electron chi connectivity index (χ3n) is 7.93. The summed E-state index contributed by atoms with van der Waals surface area (Å²) >= 11 is 0. The van der Waals surface area contributed by atoms with Gasteiger partial charge in [-0.05, 0) is 79.8 Å². The van der Waals surface area contributed by atoms with Crippen LogP contribution in [-0.4, -0.2) is 59.1 Å². The Morgan fingerprint density at radius 2 is 1.72 bits per heavy atom. The zero-order valence-electron chi connectivity index (χ0n) is 22.2. The molecule has 36 heavy (non-hydrogen) atoms. The van der Waals surface area contributed by atoms with Crippen LogP contribution in [0.25, 0.3) is 10.8 Å². The zero-order valence-corrected chi connectivity index (χ0v) is 22.2. The zero-order chi connectivity index (χ0) is 25.5. The molecule has 192 valence electrons. The Kier molecular flexibility index (Phi) is 8.81. The summed E-state index contributed by atoms with van der Waals surface area (Å²) in [5.74, 6) is 0.485. The van der Waals surface area contributed by atoms with Crippen LogP contribution >= 0.6 is 0 Å². The molecule has 4 nitrogen and oxygen atoms in total. The second-order valence-corrected chi connectivity index (χ2v) is 10.8. The van der Waals surface area contributed by atoms with E-state index in [4.69, 9.17) is 0 Å². The highest BCUT2D eigenvalue weighted by molar-refractivity contribution is 6.07. The maximum absolute atomic E-state index is 13.4. The molecule has 4 heteroatoms. The molecule has 0 bridgehead atoms. The van der Waals surface area contributed by atoms with Crippen molar-refractivity contribution in [1.82, 2.24) is 9.80 Å². The topological polar surface area (TPSA) is 43.8 Å². The Labute approximate surface area is 216 Å². The summed E-state index contributed by atoms with van der Waals surface area (Å²) in [4.78, 5) is 17.9. The summed E-state index contributed by atoms with van der Waals surface area (Å²) in [7, 11) is 0. The van der Waals surface area contributed by atoms with E-state index in [2.05, 4.69) is 62.1 Å². The molecule has 0 spiro atoms. The van der Waals surface area contributed by atoms with Gasteiger partial charge in [-0.1, -0.05) is 67.6 Å². The SMILES string of the molecule is CCN(C[C@H](C)CN1CCC(O)(CCCc2ccccc2C)CC1)C(=O)c1cccc2ccccc12. The highest BCUT2D eigenvalue weighted by atomic mass is 16.3. The van der Waals surface area contributed by atoms with E-state index in [1.807, 2.05) is 35.2 Å². The van der Waals surface area contributed by atoms with Crippen molar-refractivity contribution in [1.29, 1.82) is 0 Å². The van der Waals surface area contributed by atoms with Crippen molar-refractivity contribution in [3.05, 3.63) is 83.4 Å². The lowest BCUT2D eigenvalue weighted by Crippen LogP contribution is -2.47. The fourth-order valence-corrected chi connectivity index (χ4v) is 5.71. The summed E-state index contributed by atoms with van der Waals surface area (Å²) in [5, 5.41) is 13.3. The molecule has 1 aliphatic heterocycles. The maximum Gasteiger partial charge on any atom is 0.254 e. The summed E-state index contributed by atoms with van der Waals surface area (Å²) in [5.41, 5.74) is 2.98. The van der Waals surface area contributed by atoms with Gasteiger partial charge in [0.1, 0.15) is 0 Å². The molecular weight excluding hydrogens is 444 g/mol. The third kappa shape index (κ3) is 6.54. The van der Waals surface area contributed by atoms with Crippen LogP contribution < -0.4 is 0 Å². The average Bonchev–Trinajstić information content (AvgIpc) is 2.89. The molecule has 0 aliphatic carbocycles. The van der Waals surface area contributed by atoms with Crippen LogP contribution in [0.4, 0.5) is 0 Å². The van der Waals surface area contributed by atoms with Gasteiger partial charge in [-0.15, -0.1) is 0 Å². The molecular formula is C32H42N2O2. The first-order chi connectivity index (χ1) is 17.4. The molecule has 4 rings (SSSR count). The minimum absolute atomic E-state index is 0.114. The highest BCUT2D eigenvalue weighted by Crippen LogP contribution is 2.28. The van der Waals surface area contributed by atoms with Gasteiger partial charge in [0, 0.05) is 38.3 Å². The number of hydrogen-bond donors (Lipinski definition) is 1. The van der Waals surface area contributed by atoms with Crippen molar-refractivity contribution < 1.29 is 9.90 Å². The summed E-state index contributed by atoms with van der Waals surface area (Å²) < 4.78 is 0. The van der Waals surface area contributed by atoms with Crippen molar-refractivity contribution in [2.75, 3.05) is 32.7 Å². The number of hydrogen-bond acceptors (Lipinski definition) is 3. The predicted octanol–water partition coefficient (Wildman–Crippen LogP) is 6.10. The fourth-order valence-electron chi connectivity index (χ4n) is 5.71. The largest absolute Gasteiger partial charge is 0.390 e. The molecule has 0 aromatic heterocycles. The van der Waals surface area contributed by atoms with Crippen molar-refractivity contribution in [2.45, 2.75) is 58.5 Å². The molecule has 1 aliphatic rings. The Morgan fingerprint density at radius 3 is 2.47 bits per heavy atom. The van der Waals surface area contributed by atoms with Gasteiger partial charge >= 0.3 is 0 Å². The lowest BCUT2D eigenvalue weighted by atomic mass is 9.85. The Balaban J connectivity index is 1.26. The van der Waals surface area contributed by atoms with Crippen LogP contribution in [0, 0.1) is 12.8 Å². The Bertz CT molecular complexity index is 1140. The first-order valence-corrected chi connectivity index (χ1v) is 13.6. The minimum atomic E-state index is -0.539. The van der Waals surface area contributed by atoms with Crippen LogP contribution in [0.2, 0.25) is 0 Å². The lowest BCUT2D eigenvalue weighted by molar-refractivity contribution is -0.0316. The van der Waals surface area contributed by atoms with E-state index < -0.39 is 5.60 Å². The van der Waals surface area contributed by atoms with Crippen LogP contribution in [0.3, 0.4) is 0 Å². The first kappa shape index (κ1) is 26.4. The number of carbonyl (C=O) groups excluding carboxylic acids is 1. The summed E-state index contributed by atoms with van der Waals surface area (Å²) in [6.45, 7) is 10.7. The molecule has 0 radical (unpaired) electrons. The quantitative estimate of drug-likeness (QED) is 0.377. The molecule has 0 saturated carbocycles. The number of aliphatic hydroxyl groups is 1. The maximum atomic E-state index is 13.4. The number of rotatable bonds is 10. The molecule has 1 fully saturated rings. The molecule has 0 unspecified atom stereocenters. The first-order valence-electron chi connectivity index (χ1n) is 13.6. The number of benzene rings is 3. The highest BCUT2D eigenvalue weighted by Gasteiger charge is 2.32. The molecule has 1 atom stereocenters. The van der Waals surface area contributed by atoms with E-state index in [0.717, 1.165) is 74.6 Å². The number of fused-ring (bicyclic) bond motifs is 1. The molecule has 1 saturated heterocycles. The second-order valence-electron chi connectivity index (χ2n) is 10.8. The van der Waals surface area contributed by atoms with Crippen LogP contribution in [0.15, 0.2) is 66.7 Å². The van der Waals surface area contributed by atoms with E-state index in [-0.39, 0.29) is 5.91 Å². The van der Waals surface area contributed by atoms with Crippen molar-refractivity contribution >= 4 is 16.7 Å². The van der Waals surface area contributed by atoms with Crippen LogP contribution in [-0.2, 0) is 6.42 Å². The molecule has 3 aromatic rings. The number of nitrogens with zero attached hydrogens (tertiary/aromatic N) is 2. The van der Waals surface area contributed by atoms with Gasteiger partial charge < -0.3 is 14.9 Å². The van der Waals surface area contributed by atoms with E-state index in [9.17, 15) is 9.90 Å². The summed E-state index contributed by atoms with van der Waals surface area (Å²) in [6.07, 6.45) is 4.60. The second kappa shape index (κ2) is 12.0. The lowest BCUT2D eigenvalue weighted by Gasteiger charge is -2.39. The smallest absolute Gasteiger partial charge is 0.254 e. The van der Waals surface area contributed by atoms with Crippen molar-refractivity contribution in [3.63, 3.8) is 0 Å². The number of aryl methyl sites for hydroxylation is 2. The number of piperidine rings is 1. The van der Waals surface area contributed by atoms with Gasteiger partial charge in [-0.25, -0.2) is 0 Å². The van der Waals surface area contributed by atoms with Gasteiger partial charge in [0.25, 0.3) is 5.91 Å². The van der Waals surface area contributed by atoms with Crippen LogP contribution in [0.5, 0.6) is 0 Å². The molecule has 1 heterocycles.